The van der Waals surface area contributed by atoms with E-state index in [1.807, 2.05) is 28.9 Å². The number of nitrogens with one attached hydrogen (secondary N) is 2. The van der Waals surface area contributed by atoms with Crippen LogP contribution in [0.5, 0.6) is 0 Å². The molecular weight excluding hydrogens is 304 g/mol. The van der Waals surface area contributed by atoms with Crippen LogP contribution in [-0.4, -0.2) is 47.0 Å². The Morgan fingerprint density at radius 2 is 2.00 bits per heavy atom. The lowest BCUT2D eigenvalue weighted by atomic mass is 9.92. The minimum atomic E-state index is -0.0727. The Kier molecular flexibility index (Phi) is 4.02. The first kappa shape index (κ1) is 15.6. The molecule has 6 nitrogen and oxygen atoms in total. The van der Waals surface area contributed by atoms with E-state index < -0.39 is 0 Å². The Balaban J connectivity index is 1.57. The number of hydrogen-bond acceptors (Lipinski definition) is 4. The van der Waals surface area contributed by atoms with Crippen molar-refractivity contribution in [2.45, 2.75) is 50.9 Å². The van der Waals surface area contributed by atoms with E-state index in [0.717, 1.165) is 37.0 Å². The van der Waals surface area contributed by atoms with Gasteiger partial charge in [0.2, 0.25) is 0 Å². The van der Waals surface area contributed by atoms with Crippen molar-refractivity contribution in [3.63, 3.8) is 0 Å². The van der Waals surface area contributed by atoms with Crippen LogP contribution in [0.4, 0.5) is 0 Å². The lowest BCUT2D eigenvalue weighted by Crippen LogP contribution is -2.58. The zero-order chi connectivity index (χ0) is 16.7. The average molecular weight is 328 g/mol. The number of piperidine rings is 1. The van der Waals surface area contributed by atoms with E-state index in [1.165, 1.54) is 0 Å². The van der Waals surface area contributed by atoms with Gasteiger partial charge >= 0.3 is 0 Å². The molecule has 3 heterocycles. The van der Waals surface area contributed by atoms with Crippen molar-refractivity contribution >= 4 is 16.8 Å². The highest BCUT2D eigenvalue weighted by atomic mass is 16.5. The lowest BCUT2D eigenvalue weighted by molar-refractivity contribution is 0.0148. The van der Waals surface area contributed by atoms with Gasteiger partial charge in [-0.05, 0) is 32.8 Å². The van der Waals surface area contributed by atoms with Crippen LogP contribution in [-0.2, 0) is 4.74 Å². The molecule has 4 rings (SSSR count). The maximum atomic E-state index is 12.8. The molecule has 0 spiro atoms. The summed E-state index contributed by atoms with van der Waals surface area (Å²) in [5, 5.41) is 12.3. The number of nitrogens with zero attached hydrogens (tertiary/aromatic N) is 2. The molecule has 128 valence electrons. The number of carbonyl (C=O) groups is 1. The smallest absolute Gasteiger partial charge is 0.272 e. The Labute approximate surface area is 141 Å². The highest BCUT2D eigenvalue weighted by molar-refractivity contribution is 6.05. The zero-order valence-corrected chi connectivity index (χ0v) is 14.2. The van der Waals surface area contributed by atoms with Gasteiger partial charge in [0, 0.05) is 29.6 Å². The zero-order valence-electron chi connectivity index (χ0n) is 14.2. The van der Waals surface area contributed by atoms with Crippen molar-refractivity contribution in [3.8, 4) is 0 Å². The summed E-state index contributed by atoms with van der Waals surface area (Å²) >= 11 is 0. The largest absolute Gasteiger partial charge is 0.378 e. The van der Waals surface area contributed by atoms with Gasteiger partial charge in [0.05, 0.1) is 18.7 Å². The van der Waals surface area contributed by atoms with Crippen LogP contribution >= 0.6 is 0 Å². The molecule has 1 aromatic heterocycles. The van der Waals surface area contributed by atoms with Crippen molar-refractivity contribution in [1.82, 2.24) is 20.4 Å². The minimum Gasteiger partial charge on any atom is -0.378 e. The van der Waals surface area contributed by atoms with Gasteiger partial charge in [0.1, 0.15) is 0 Å². The van der Waals surface area contributed by atoms with E-state index in [9.17, 15) is 4.79 Å². The molecule has 2 aliphatic heterocycles. The topological polar surface area (TPSA) is 68.2 Å². The van der Waals surface area contributed by atoms with Crippen LogP contribution < -0.4 is 10.6 Å². The highest BCUT2D eigenvalue weighted by Gasteiger charge is 2.33. The number of hydrogen-bond donors (Lipinski definition) is 2. The van der Waals surface area contributed by atoms with Crippen LogP contribution in [0, 0.1) is 0 Å². The summed E-state index contributed by atoms with van der Waals surface area (Å²) < 4.78 is 7.50. The summed E-state index contributed by atoms with van der Waals surface area (Å²) in [5.41, 5.74) is 1.53. The summed E-state index contributed by atoms with van der Waals surface area (Å²) in [6.45, 7) is 5.62. The van der Waals surface area contributed by atoms with E-state index >= 15 is 0 Å². The van der Waals surface area contributed by atoms with Gasteiger partial charge in [-0.15, -0.1) is 0 Å². The van der Waals surface area contributed by atoms with Crippen molar-refractivity contribution in [3.05, 3.63) is 30.0 Å². The fourth-order valence-corrected chi connectivity index (χ4v) is 3.86. The summed E-state index contributed by atoms with van der Waals surface area (Å²) in [7, 11) is 0. The Hall–Kier alpha value is -1.92. The number of para-hydroxylation sites is 1. The maximum absolute atomic E-state index is 12.8. The quantitative estimate of drug-likeness (QED) is 0.902. The third-order valence-corrected chi connectivity index (χ3v) is 4.90. The number of benzene rings is 1. The average Bonchev–Trinajstić information content (AvgIpc) is 2.94. The normalized spacial score (nSPS) is 26.7. The monoisotopic (exact) mass is 328 g/mol. The SMILES string of the molecule is CC(C)n1nc(C(=O)N[C@H]2C[C@H]3COC[C@@H](C2)N3)c2ccccc21. The van der Waals surface area contributed by atoms with E-state index in [1.54, 1.807) is 0 Å². The number of ether oxygens (including phenoxy) is 1. The van der Waals surface area contributed by atoms with E-state index in [0.29, 0.717) is 17.8 Å². The second kappa shape index (κ2) is 6.18. The Bertz CT molecular complexity index is 743. The molecule has 2 aromatic rings. The number of carbonyl (C=O) groups excluding carboxylic acids is 1. The maximum Gasteiger partial charge on any atom is 0.272 e. The Morgan fingerprint density at radius 1 is 1.29 bits per heavy atom. The molecular formula is C18H24N4O2. The van der Waals surface area contributed by atoms with Crippen LogP contribution in [0.3, 0.4) is 0 Å². The van der Waals surface area contributed by atoms with Gasteiger partial charge in [-0.1, -0.05) is 18.2 Å². The lowest BCUT2D eigenvalue weighted by Gasteiger charge is -2.40. The number of morpholine rings is 1. The van der Waals surface area contributed by atoms with Crippen LogP contribution in [0.1, 0.15) is 43.2 Å². The molecule has 1 amide bonds. The van der Waals surface area contributed by atoms with Crippen molar-refractivity contribution in [2.24, 2.45) is 0 Å². The fourth-order valence-electron chi connectivity index (χ4n) is 3.86. The first-order valence-electron chi connectivity index (χ1n) is 8.73. The van der Waals surface area contributed by atoms with Crippen LogP contribution in [0.25, 0.3) is 10.9 Å². The minimum absolute atomic E-state index is 0.0727. The van der Waals surface area contributed by atoms with Crippen molar-refractivity contribution in [2.75, 3.05) is 13.2 Å². The molecule has 0 radical (unpaired) electrons. The fraction of sp³-hybridized carbons (Fsp3) is 0.556. The second-order valence-electron chi connectivity index (χ2n) is 7.14. The van der Waals surface area contributed by atoms with Gasteiger partial charge in [0.25, 0.3) is 5.91 Å². The predicted molar refractivity (Wildman–Crippen MR) is 92.1 cm³/mol. The van der Waals surface area contributed by atoms with Crippen molar-refractivity contribution in [1.29, 1.82) is 0 Å². The first-order chi connectivity index (χ1) is 11.6. The molecule has 2 N–H and O–H groups in total. The van der Waals surface area contributed by atoms with E-state index in [2.05, 4.69) is 29.6 Å². The highest BCUT2D eigenvalue weighted by Crippen LogP contribution is 2.23. The standard InChI is InChI=1S/C18H24N4O2/c1-11(2)22-16-6-4-3-5-15(16)17(21-22)18(23)20-12-7-13-9-24-10-14(8-12)19-13/h3-6,11-14,19H,7-10H2,1-2H3,(H,20,23)/t12-,13-,14+. The second-order valence-corrected chi connectivity index (χ2v) is 7.14. The van der Waals surface area contributed by atoms with E-state index in [-0.39, 0.29) is 18.0 Å². The predicted octanol–water partition coefficient (Wildman–Crippen LogP) is 1.87. The molecule has 0 unspecified atom stereocenters. The Morgan fingerprint density at radius 3 is 2.71 bits per heavy atom. The molecule has 1 aromatic carbocycles. The number of amides is 1. The van der Waals surface area contributed by atoms with Gasteiger partial charge in [-0.25, -0.2) is 0 Å². The third kappa shape index (κ3) is 2.80. The van der Waals surface area contributed by atoms with Gasteiger partial charge in [-0.3, -0.25) is 9.48 Å². The molecule has 2 bridgehead atoms. The molecule has 24 heavy (non-hydrogen) atoms. The van der Waals surface area contributed by atoms with Crippen LogP contribution in [0.2, 0.25) is 0 Å². The number of rotatable bonds is 3. The molecule has 0 aliphatic carbocycles. The number of aromatic nitrogens is 2. The van der Waals surface area contributed by atoms with Gasteiger partial charge < -0.3 is 15.4 Å². The molecule has 3 atom stereocenters. The van der Waals surface area contributed by atoms with Gasteiger partial charge in [-0.2, -0.15) is 5.10 Å². The van der Waals surface area contributed by atoms with Crippen molar-refractivity contribution < 1.29 is 9.53 Å². The molecule has 2 saturated heterocycles. The summed E-state index contributed by atoms with van der Waals surface area (Å²) in [5.74, 6) is -0.0727. The first-order valence-corrected chi connectivity index (χ1v) is 8.73. The van der Waals surface area contributed by atoms with Gasteiger partial charge in [0.15, 0.2) is 5.69 Å². The molecule has 2 fully saturated rings. The van der Waals surface area contributed by atoms with Crippen LogP contribution in [0.15, 0.2) is 24.3 Å². The molecule has 6 heteroatoms. The van der Waals surface area contributed by atoms with E-state index in [4.69, 9.17) is 4.74 Å². The number of fused-ring (bicyclic) bond motifs is 3. The molecule has 2 aliphatic rings. The summed E-state index contributed by atoms with van der Waals surface area (Å²) in [6.07, 6.45) is 1.82. The summed E-state index contributed by atoms with van der Waals surface area (Å²) in [6, 6.07) is 9.01. The summed E-state index contributed by atoms with van der Waals surface area (Å²) in [4.78, 5) is 12.8. The third-order valence-electron chi connectivity index (χ3n) is 4.90. The molecule has 0 saturated carbocycles.